The Kier molecular flexibility index (Phi) is 3.09. The molecule has 1 aromatic heterocycles. The van der Waals surface area contributed by atoms with Crippen molar-refractivity contribution >= 4 is 11.7 Å². The number of carbonyl (C=O) groups excluding carboxylic acids is 1. The van der Waals surface area contributed by atoms with Crippen LogP contribution in [0.4, 0.5) is 5.82 Å². The molecule has 1 amide bonds. The van der Waals surface area contributed by atoms with Crippen LogP contribution in [0.3, 0.4) is 0 Å². The lowest BCUT2D eigenvalue weighted by Gasteiger charge is -2.19. The summed E-state index contributed by atoms with van der Waals surface area (Å²) < 4.78 is 1.51. The van der Waals surface area contributed by atoms with Crippen molar-refractivity contribution in [3.05, 3.63) is 11.8 Å². The van der Waals surface area contributed by atoms with Gasteiger partial charge in [-0.3, -0.25) is 9.48 Å². The average molecular weight is 236 g/mol. The molecule has 0 radical (unpaired) electrons. The van der Waals surface area contributed by atoms with Crippen LogP contribution in [-0.4, -0.2) is 21.7 Å². The van der Waals surface area contributed by atoms with Crippen LogP contribution in [0.15, 0.2) is 6.20 Å². The van der Waals surface area contributed by atoms with Crippen molar-refractivity contribution in [2.45, 2.75) is 32.7 Å². The number of hydrogen-bond donors (Lipinski definition) is 2. The number of anilines is 1. The summed E-state index contributed by atoms with van der Waals surface area (Å²) in [5.74, 6) is 1.51. The number of amides is 1. The molecule has 5 nitrogen and oxygen atoms in total. The van der Waals surface area contributed by atoms with E-state index in [1.54, 1.807) is 7.05 Å². The van der Waals surface area contributed by atoms with Gasteiger partial charge in [0.05, 0.1) is 6.20 Å². The summed E-state index contributed by atoms with van der Waals surface area (Å²) in [6.07, 6.45) is 3.75. The van der Waals surface area contributed by atoms with Gasteiger partial charge in [0.2, 0.25) is 0 Å². The lowest BCUT2D eigenvalue weighted by atomic mass is 9.97. The molecule has 1 aromatic rings. The quantitative estimate of drug-likeness (QED) is 0.809. The molecule has 1 aliphatic carbocycles. The number of hydrogen-bond acceptors (Lipinski definition) is 3. The molecule has 0 spiro atoms. The van der Waals surface area contributed by atoms with E-state index < -0.39 is 0 Å². The standard InChI is InChI=1S/C12H20N4O/c1-7-4-5-10(8(7)2)15-12(17)9-6-14-16(3)11(9)13/h6-8,10H,4-5,13H2,1-3H3,(H,15,17). The lowest BCUT2D eigenvalue weighted by molar-refractivity contribution is 0.0928. The van der Waals surface area contributed by atoms with Crippen molar-refractivity contribution < 1.29 is 4.79 Å². The van der Waals surface area contributed by atoms with Crippen LogP contribution in [0, 0.1) is 11.8 Å². The Morgan fingerprint density at radius 2 is 2.24 bits per heavy atom. The van der Waals surface area contributed by atoms with E-state index in [-0.39, 0.29) is 11.9 Å². The van der Waals surface area contributed by atoms with Crippen molar-refractivity contribution in [3.63, 3.8) is 0 Å². The van der Waals surface area contributed by atoms with Gasteiger partial charge in [0.15, 0.2) is 0 Å². The normalized spacial score (nSPS) is 28.3. The number of aromatic nitrogens is 2. The Balaban J connectivity index is 2.05. The molecule has 3 unspecified atom stereocenters. The molecular weight excluding hydrogens is 216 g/mol. The van der Waals surface area contributed by atoms with Crippen molar-refractivity contribution in [1.29, 1.82) is 0 Å². The fourth-order valence-corrected chi connectivity index (χ4v) is 2.44. The minimum absolute atomic E-state index is 0.110. The van der Waals surface area contributed by atoms with Crippen molar-refractivity contribution in [2.24, 2.45) is 18.9 Å². The van der Waals surface area contributed by atoms with Gasteiger partial charge in [-0.15, -0.1) is 0 Å². The topological polar surface area (TPSA) is 72.9 Å². The fraction of sp³-hybridized carbons (Fsp3) is 0.667. The highest BCUT2D eigenvalue weighted by Gasteiger charge is 2.31. The highest BCUT2D eigenvalue weighted by molar-refractivity contribution is 5.98. The summed E-state index contributed by atoms with van der Waals surface area (Å²) >= 11 is 0. The SMILES string of the molecule is CC1CCC(NC(=O)c2cnn(C)c2N)C1C. The highest BCUT2D eigenvalue weighted by atomic mass is 16.1. The summed E-state index contributed by atoms with van der Waals surface area (Å²) in [6, 6.07) is 0.261. The molecule has 1 fully saturated rings. The summed E-state index contributed by atoms with van der Waals surface area (Å²) in [5.41, 5.74) is 6.25. The van der Waals surface area contributed by atoms with E-state index in [1.807, 2.05) is 0 Å². The maximum Gasteiger partial charge on any atom is 0.256 e. The molecule has 1 saturated carbocycles. The maximum atomic E-state index is 12.0. The molecule has 0 aliphatic heterocycles. The van der Waals surface area contributed by atoms with Gasteiger partial charge >= 0.3 is 0 Å². The molecule has 3 atom stereocenters. The highest BCUT2D eigenvalue weighted by Crippen LogP contribution is 2.31. The van der Waals surface area contributed by atoms with Gasteiger partial charge in [-0.1, -0.05) is 13.8 Å². The molecule has 0 aromatic carbocycles. The smallest absolute Gasteiger partial charge is 0.256 e. The van der Waals surface area contributed by atoms with Gasteiger partial charge in [0.25, 0.3) is 5.91 Å². The predicted octanol–water partition coefficient (Wildman–Crippen LogP) is 1.17. The zero-order valence-corrected chi connectivity index (χ0v) is 10.6. The largest absolute Gasteiger partial charge is 0.383 e. The first-order valence-electron chi connectivity index (χ1n) is 6.09. The first kappa shape index (κ1) is 12.0. The van der Waals surface area contributed by atoms with E-state index in [9.17, 15) is 4.79 Å². The van der Waals surface area contributed by atoms with E-state index in [4.69, 9.17) is 5.73 Å². The number of nitrogens with one attached hydrogen (secondary N) is 1. The molecule has 3 N–H and O–H groups in total. The molecule has 2 rings (SSSR count). The van der Waals surface area contributed by atoms with Crippen LogP contribution in [0.5, 0.6) is 0 Å². The molecule has 5 heteroatoms. The van der Waals surface area contributed by atoms with Crippen molar-refractivity contribution in [2.75, 3.05) is 5.73 Å². The van der Waals surface area contributed by atoms with Crippen LogP contribution in [-0.2, 0) is 7.05 Å². The van der Waals surface area contributed by atoms with E-state index in [2.05, 4.69) is 24.3 Å². The Bertz CT molecular complexity index is 426. The monoisotopic (exact) mass is 236 g/mol. The summed E-state index contributed by atoms with van der Waals surface area (Å²) in [5, 5.41) is 7.03. The van der Waals surface area contributed by atoms with Gasteiger partial charge in [-0.2, -0.15) is 5.10 Å². The second-order valence-corrected chi connectivity index (χ2v) is 5.06. The predicted molar refractivity (Wildman–Crippen MR) is 66.4 cm³/mol. The minimum Gasteiger partial charge on any atom is -0.383 e. The summed E-state index contributed by atoms with van der Waals surface area (Å²) in [7, 11) is 1.73. The molecule has 0 saturated heterocycles. The summed E-state index contributed by atoms with van der Waals surface area (Å²) in [4.78, 5) is 12.0. The second kappa shape index (κ2) is 4.39. The Labute approximate surface area is 101 Å². The number of nitrogens with two attached hydrogens (primary N) is 1. The van der Waals surface area contributed by atoms with Gasteiger partial charge in [0, 0.05) is 13.1 Å². The Morgan fingerprint density at radius 1 is 1.53 bits per heavy atom. The first-order valence-corrected chi connectivity index (χ1v) is 6.09. The first-order chi connectivity index (χ1) is 8.00. The molecule has 94 valence electrons. The van der Waals surface area contributed by atoms with E-state index in [0.717, 1.165) is 6.42 Å². The third-order valence-electron chi connectivity index (χ3n) is 4.01. The Hall–Kier alpha value is -1.52. The van der Waals surface area contributed by atoms with E-state index in [1.165, 1.54) is 17.3 Å². The zero-order chi connectivity index (χ0) is 12.6. The van der Waals surface area contributed by atoms with Crippen LogP contribution >= 0.6 is 0 Å². The Morgan fingerprint density at radius 3 is 2.71 bits per heavy atom. The third kappa shape index (κ3) is 2.14. The molecular formula is C12H20N4O. The van der Waals surface area contributed by atoms with Crippen LogP contribution < -0.4 is 11.1 Å². The third-order valence-corrected chi connectivity index (χ3v) is 4.01. The van der Waals surface area contributed by atoms with Gasteiger partial charge in [-0.05, 0) is 24.7 Å². The van der Waals surface area contributed by atoms with Crippen LogP contribution in [0.2, 0.25) is 0 Å². The second-order valence-electron chi connectivity index (χ2n) is 5.06. The van der Waals surface area contributed by atoms with Gasteiger partial charge in [-0.25, -0.2) is 0 Å². The summed E-state index contributed by atoms with van der Waals surface area (Å²) in [6.45, 7) is 4.42. The fourth-order valence-electron chi connectivity index (χ4n) is 2.44. The van der Waals surface area contributed by atoms with Gasteiger partial charge < -0.3 is 11.1 Å². The molecule has 1 aliphatic rings. The van der Waals surface area contributed by atoms with Crippen LogP contribution in [0.1, 0.15) is 37.0 Å². The number of rotatable bonds is 2. The van der Waals surface area contributed by atoms with Crippen LogP contribution in [0.25, 0.3) is 0 Å². The zero-order valence-electron chi connectivity index (χ0n) is 10.6. The number of nitrogens with zero attached hydrogens (tertiary/aromatic N) is 2. The van der Waals surface area contributed by atoms with Crippen molar-refractivity contribution in [1.82, 2.24) is 15.1 Å². The number of nitrogen functional groups attached to an aromatic ring is 1. The van der Waals surface area contributed by atoms with E-state index >= 15 is 0 Å². The molecule has 1 heterocycles. The van der Waals surface area contributed by atoms with Crippen molar-refractivity contribution in [3.8, 4) is 0 Å². The average Bonchev–Trinajstić information content (AvgIpc) is 2.77. The molecule has 0 bridgehead atoms. The minimum atomic E-state index is -0.110. The number of carbonyl (C=O) groups is 1. The van der Waals surface area contributed by atoms with E-state index in [0.29, 0.717) is 23.2 Å². The molecule has 17 heavy (non-hydrogen) atoms. The maximum absolute atomic E-state index is 12.0. The lowest BCUT2D eigenvalue weighted by Crippen LogP contribution is -2.37. The number of aryl methyl sites for hydroxylation is 1. The van der Waals surface area contributed by atoms with Gasteiger partial charge in [0.1, 0.15) is 11.4 Å².